The van der Waals surface area contributed by atoms with Gasteiger partial charge >= 0.3 is 0 Å². The van der Waals surface area contributed by atoms with Gasteiger partial charge in [-0.15, -0.1) is 0 Å². The number of aromatic hydroxyl groups is 1. The fourth-order valence-corrected chi connectivity index (χ4v) is 5.84. The van der Waals surface area contributed by atoms with Crippen LogP contribution in [0.15, 0.2) is 45.8 Å². The molecule has 0 radical (unpaired) electrons. The molecule has 5 rings (SSSR count). The third-order valence-corrected chi connectivity index (χ3v) is 7.50. The molecule has 0 spiro atoms. The molecule has 2 aromatic rings. The average molecular weight is 524 g/mol. The minimum Gasteiger partial charge on any atom is -0.508 e. The van der Waals surface area contributed by atoms with Crippen LogP contribution in [-0.2, 0) is 20.8 Å². The molecule has 3 aliphatic carbocycles. The molecule has 7 N–H and O–H groups in total. The highest BCUT2D eigenvalue weighted by Gasteiger charge is 2.64. The summed E-state index contributed by atoms with van der Waals surface area (Å²) < 4.78 is 4.79. The highest BCUT2D eigenvalue weighted by molar-refractivity contribution is 6.24. The molecule has 1 fully saturated rings. The Morgan fingerprint density at radius 3 is 2.50 bits per heavy atom. The zero-order valence-electron chi connectivity index (χ0n) is 20.3. The number of likely N-dealkylation sites (N-methyl/N-ethyl adjacent to an activating group) is 1. The van der Waals surface area contributed by atoms with E-state index in [9.17, 15) is 39.6 Å². The Bertz CT molecular complexity index is 1470. The molecule has 1 saturated carbocycles. The smallest absolute Gasteiger partial charge is 0.294 e. The number of benzene rings is 1. The van der Waals surface area contributed by atoms with E-state index in [4.69, 9.17) is 10.3 Å². The van der Waals surface area contributed by atoms with Gasteiger partial charge in [-0.05, 0) is 44.5 Å². The van der Waals surface area contributed by atoms with Gasteiger partial charge in [0.15, 0.2) is 11.4 Å². The topological polar surface area (TPSA) is 217 Å². The van der Waals surface area contributed by atoms with Crippen molar-refractivity contribution in [3.63, 3.8) is 0 Å². The number of fused-ring (bicyclic) bond motifs is 3. The maximum Gasteiger partial charge on any atom is 0.294 e. The number of hydrogen-bond donors (Lipinski definition) is 6. The van der Waals surface area contributed by atoms with Crippen LogP contribution in [0, 0.1) is 11.8 Å². The van der Waals surface area contributed by atoms with Gasteiger partial charge < -0.3 is 36.0 Å². The molecule has 198 valence electrons. The second-order valence-electron chi connectivity index (χ2n) is 9.79. The summed E-state index contributed by atoms with van der Waals surface area (Å²) in [5.41, 5.74) is 1.64. The van der Waals surface area contributed by atoms with Crippen LogP contribution in [0.1, 0.15) is 28.1 Å². The van der Waals surface area contributed by atoms with E-state index in [2.05, 4.69) is 10.5 Å². The molecule has 3 aliphatic rings. The molecule has 2 amide bonds. The summed E-state index contributed by atoms with van der Waals surface area (Å²) in [4.78, 5) is 52.7. The van der Waals surface area contributed by atoms with E-state index in [0.717, 1.165) is 0 Å². The molecule has 0 saturated heterocycles. The van der Waals surface area contributed by atoms with Crippen LogP contribution < -0.4 is 11.1 Å². The number of primary amides is 1. The van der Waals surface area contributed by atoms with Crippen molar-refractivity contribution < 1.29 is 44.1 Å². The third kappa shape index (κ3) is 3.35. The lowest BCUT2D eigenvalue weighted by Crippen LogP contribution is -2.65. The predicted molar refractivity (Wildman–Crippen MR) is 129 cm³/mol. The Labute approximate surface area is 214 Å². The number of phenols is 1. The van der Waals surface area contributed by atoms with Gasteiger partial charge in [0.05, 0.1) is 23.5 Å². The summed E-state index contributed by atoms with van der Waals surface area (Å²) in [5.74, 6) is -8.30. The lowest BCUT2D eigenvalue weighted by molar-refractivity contribution is -0.153. The molecular formula is C25H24N4O9. The molecule has 1 aromatic heterocycles. The third-order valence-electron chi connectivity index (χ3n) is 7.50. The van der Waals surface area contributed by atoms with Crippen LogP contribution in [0.2, 0.25) is 0 Å². The Balaban J connectivity index is 1.63. The Hall–Kier alpha value is -4.49. The van der Waals surface area contributed by atoms with Crippen molar-refractivity contribution in [1.29, 1.82) is 0 Å². The molecule has 13 heteroatoms. The first-order valence-corrected chi connectivity index (χ1v) is 11.6. The number of nitrogens with zero attached hydrogens (tertiary/aromatic N) is 2. The normalized spacial score (nSPS) is 26.7. The zero-order valence-corrected chi connectivity index (χ0v) is 20.3. The summed E-state index contributed by atoms with van der Waals surface area (Å²) in [7, 11) is 3.06. The Morgan fingerprint density at radius 2 is 1.89 bits per heavy atom. The second-order valence-corrected chi connectivity index (χ2v) is 9.79. The fourth-order valence-electron chi connectivity index (χ4n) is 5.84. The summed E-state index contributed by atoms with van der Waals surface area (Å²) in [6, 6.07) is 3.13. The number of aliphatic hydroxyl groups excluding tert-OH is 2. The first kappa shape index (κ1) is 25.2. The molecule has 0 bridgehead atoms. The van der Waals surface area contributed by atoms with Gasteiger partial charge in [-0.2, -0.15) is 0 Å². The Kier molecular flexibility index (Phi) is 5.65. The number of carbonyl (C=O) groups excluding carboxylic acids is 4. The maximum absolute atomic E-state index is 13.8. The number of anilines is 1. The van der Waals surface area contributed by atoms with Crippen molar-refractivity contribution in [3.05, 3.63) is 58.2 Å². The van der Waals surface area contributed by atoms with E-state index < -0.39 is 69.7 Å². The standard InChI is InChI=1S/C25H24N4O9/c1-29(2)17-11-8-10-7-9-3-4-12(28-24(36)13-5-6-27-38-13)18(30)14(9)19(31)15(10)21(33)25(11,37)22(34)16(20(17)32)23(26)35/h3-6,10-11,17,30-31,34,37H,7-8H2,1-2H3,(H2,26,35)(H,28,36)/t10-,11-,17-,25-/m1/s1. The highest BCUT2D eigenvalue weighted by atomic mass is 16.5. The lowest BCUT2D eigenvalue weighted by Gasteiger charge is -2.50. The van der Waals surface area contributed by atoms with Gasteiger partial charge in [-0.1, -0.05) is 11.2 Å². The van der Waals surface area contributed by atoms with Crippen molar-refractivity contribution in [3.8, 4) is 5.75 Å². The number of rotatable bonds is 4. The van der Waals surface area contributed by atoms with E-state index in [-0.39, 0.29) is 35.4 Å². The van der Waals surface area contributed by atoms with Crippen molar-refractivity contribution in [2.45, 2.75) is 24.5 Å². The first-order chi connectivity index (χ1) is 17.9. The zero-order chi connectivity index (χ0) is 27.7. The number of nitrogens with one attached hydrogen (secondary N) is 1. The molecule has 0 aliphatic heterocycles. The van der Waals surface area contributed by atoms with Crippen LogP contribution in [-0.4, -0.2) is 79.6 Å². The van der Waals surface area contributed by atoms with Gasteiger partial charge in [0.25, 0.3) is 11.8 Å². The van der Waals surface area contributed by atoms with Crippen LogP contribution in [0.25, 0.3) is 5.76 Å². The number of ketones is 2. The van der Waals surface area contributed by atoms with Crippen molar-refractivity contribution in [2.75, 3.05) is 19.4 Å². The Morgan fingerprint density at radius 1 is 1.18 bits per heavy atom. The van der Waals surface area contributed by atoms with E-state index in [0.29, 0.717) is 5.56 Å². The van der Waals surface area contributed by atoms with E-state index in [1.165, 1.54) is 37.3 Å². The molecule has 4 atom stereocenters. The molecule has 13 nitrogen and oxygen atoms in total. The molecule has 38 heavy (non-hydrogen) atoms. The van der Waals surface area contributed by atoms with Gasteiger partial charge in [-0.25, -0.2) is 0 Å². The minimum absolute atomic E-state index is 0.0174. The number of carbonyl (C=O) groups is 4. The lowest BCUT2D eigenvalue weighted by atomic mass is 9.57. The van der Waals surface area contributed by atoms with E-state index in [1.54, 1.807) is 6.07 Å². The summed E-state index contributed by atoms with van der Waals surface area (Å²) in [5, 5.41) is 50.5. The summed E-state index contributed by atoms with van der Waals surface area (Å²) in [6.45, 7) is 0. The van der Waals surface area contributed by atoms with Crippen LogP contribution in [0.5, 0.6) is 5.75 Å². The number of phenolic OH excluding ortho intramolecular Hbond substituents is 1. The number of amides is 2. The summed E-state index contributed by atoms with van der Waals surface area (Å²) >= 11 is 0. The van der Waals surface area contributed by atoms with Crippen LogP contribution >= 0.6 is 0 Å². The minimum atomic E-state index is -2.72. The largest absolute Gasteiger partial charge is 0.508 e. The molecular weight excluding hydrogens is 500 g/mol. The van der Waals surface area contributed by atoms with Crippen LogP contribution in [0.3, 0.4) is 0 Å². The van der Waals surface area contributed by atoms with E-state index in [1.807, 2.05) is 0 Å². The number of aliphatic hydroxyl groups is 3. The SMILES string of the molecule is CN(C)[C@H]1C(=O)C(C(N)=O)=C(O)[C@]2(O)C(=O)C3=C(O)c4c(ccc(NC(=O)c5ccno5)c4O)C[C@@H]3C[C@H]12. The van der Waals surface area contributed by atoms with Crippen molar-refractivity contribution >= 4 is 34.8 Å². The van der Waals surface area contributed by atoms with Crippen molar-refractivity contribution in [1.82, 2.24) is 10.1 Å². The number of aromatic nitrogens is 1. The quantitative estimate of drug-likeness (QED) is 0.234. The van der Waals surface area contributed by atoms with Gasteiger partial charge in [0, 0.05) is 17.6 Å². The van der Waals surface area contributed by atoms with Gasteiger partial charge in [-0.3, -0.25) is 24.1 Å². The van der Waals surface area contributed by atoms with Crippen LogP contribution in [0.4, 0.5) is 5.69 Å². The average Bonchev–Trinajstić information content (AvgIpc) is 3.38. The maximum atomic E-state index is 13.8. The monoisotopic (exact) mass is 524 g/mol. The summed E-state index contributed by atoms with van der Waals surface area (Å²) in [6.07, 6.45) is 1.38. The van der Waals surface area contributed by atoms with Gasteiger partial charge in [0.2, 0.25) is 11.5 Å². The fraction of sp³-hybridized carbons (Fsp3) is 0.320. The molecule has 1 heterocycles. The molecule has 0 unspecified atom stereocenters. The number of Topliss-reactive ketones (excluding diaryl/α,β-unsaturated/α-hetero) is 2. The first-order valence-electron chi connectivity index (χ1n) is 11.6. The van der Waals surface area contributed by atoms with Crippen molar-refractivity contribution in [2.24, 2.45) is 17.6 Å². The number of nitrogens with two attached hydrogens (primary N) is 1. The highest BCUT2D eigenvalue weighted by Crippen LogP contribution is 2.53. The second kappa shape index (κ2) is 8.53. The van der Waals surface area contributed by atoms with Gasteiger partial charge in [0.1, 0.15) is 22.8 Å². The molecule has 1 aromatic carbocycles. The van der Waals surface area contributed by atoms with E-state index >= 15 is 0 Å². The predicted octanol–water partition coefficient (Wildman–Crippen LogP) is 0.204. The number of hydrogen-bond acceptors (Lipinski definition) is 11.